The molecule has 2 heteroatoms. The lowest BCUT2D eigenvalue weighted by molar-refractivity contribution is 0.775. The Morgan fingerprint density at radius 2 is 2.07 bits per heavy atom. The number of halogens is 1. The maximum Gasteiger partial charge on any atom is 0.0253 e. The number of hydrogen-bond acceptors (Lipinski definition) is 1. The molecule has 1 unspecified atom stereocenters. The molecule has 1 nitrogen and oxygen atoms in total. The molecule has 0 amide bonds. The van der Waals surface area contributed by atoms with Gasteiger partial charge in [-0.25, -0.2) is 0 Å². The lowest BCUT2D eigenvalue weighted by Gasteiger charge is -2.10. The highest BCUT2D eigenvalue weighted by Crippen LogP contribution is 2.27. The maximum absolute atomic E-state index is 5.67. The third-order valence-corrected chi connectivity index (χ3v) is 3.47. The van der Waals surface area contributed by atoms with Crippen LogP contribution < -0.4 is 5.73 Å². The average molecular weight is 264 g/mol. The minimum absolute atomic E-state index is 0.418. The predicted molar refractivity (Wildman–Crippen MR) is 69.1 cm³/mol. The molecule has 2 aromatic rings. The first-order chi connectivity index (χ1) is 7.22. The van der Waals surface area contributed by atoms with Gasteiger partial charge in [-0.05, 0) is 40.9 Å². The summed E-state index contributed by atoms with van der Waals surface area (Å²) < 4.78 is 1.14. The van der Waals surface area contributed by atoms with Gasteiger partial charge < -0.3 is 5.73 Å². The fourth-order valence-corrected chi connectivity index (χ4v) is 2.19. The molecular weight excluding hydrogens is 250 g/mol. The van der Waals surface area contributed by atoms with Gasteiger partial charge in [0.05, 0.1) is 0 Å². The zero-order chi connectivity index (χ0) is 10.8. The predicted octanol–water partition coefficient (Wildman–Crippen LogP) is 3.66. The number of fused-ring (bicyclic) bond motifs is 1. The molecular formula is C13H14BrN. The average Bonchev–Trinajstić information content (AvgIpc) is 2.28. The summed E-state index contributed by atoms with van der Waals surface area (Å²) in [6.07, 6.45) is 0. The van der Waals surface area contributed by atoms with E-state index in [0.717, 1.165) is 4.47 Å². The Kier molecular flexibility index (Phi) is 3.08. The van der Waals surface area contributed by atoms with Gasteiger partial charge in [-0.2, -0.15) is 0 Å². The zero-order valence-corrected chi connectivity index (χ0v) is 10.3. The van der Waals surface area contributed by atoms with E-state index in [1.807, 2.05) is 0 Å². The molecule has 0 radical (unpaired) electrons. The van der Waals surface area contributed by atoms with Crippen LogP contribution in [0.15, 0.2) is 40.9 Å². The van der Waals surface area contributed by atoms with Crippen molar-refractivity contribution in [2.45, 2.75) is 12.8 Å². The Balaban J connectivity index is 2.59. The van der Waals surface area contributed by atoms with E-state index >= 15 is 0 Å². The zero-order valence-electron chi connectivity index (χ0n) is 8.70. The molecule has 15 heavy (non-hydrogen) atoms. The van der Waals surface area contributed by atoms with Gasteiger partial charge in [-0.1, -0.05) is 47.1 Å². The topological polar surface area (TPSA) is 26.0 Å². The molecule has 2 N–H and O–H groups in total. The third-order valence-electron chi connectivity index (χ3n) is 2.78. The van der Waals surface area contributed by atoms with Gasteiger partial charge in [-0.3, -0.25) is 0 Å². The van der Waals surface area contributed by atoms with E-state index in [0.29, 0.717) is 12.5 Å². The molecule has 78 valence electrons. The second kappa shape index (κ2) is 4.33. The van der Waals surface area contributed by atoms with Crippen LogP contribution in [0.4, 0.5) is 0 Å². The molecule has 2 aromatic carbocycles. The molecule has 0 aliphatic carbocycles. The highest BCUT2D eigenvalue weighted by atomic mass is 79.9. The summed E-state index contributed by atoms with van der Waals surface area (Å²) in [6.45, 7) is 2.84. The fraction of sp³-hybridized carbons (Fsp3) is 0.231. The fourth-order valence-electron chi connectivity index (χ4n) is 1.69. The maximum atomic E-state index is 5.67. The smallest absolute Gasteiger partial charge is 0.0253 e. The van der Waals surface area contributed by atoms with Gasteiger partial charge in [0.2, 0.25) is 0 Å². The molecule has 0 fully saturated rings. The van der Waals surface area contributed by atoms with Crippen LogP contribution in [0.1, 0.15) is 18.4 Å². The van der Waals surface area contributed by atoms with Crippen molar-refractivity contribution in [2.24, 2.45) is 5.73 Å². The van der Waals surface area contributed by atoms with Crippen molar-refractivity contribution in [3.05, 3.63) is 46.4 Å². The van der Waals surface area contributed by atoms with E-state index < -0.39 is 0 Å². The molecule has 2 rings (SSSR count). The molecule has 1 atom stereocenters. The molecule has 0 aliphatic rings. The summed E-state index contributed by atoms with van der Waals surface area (Å²) in [5.74, 6) is 0.418. The highest BCUT2D eigenvalue weighted by Gasteiger charge is 2.05. The van der Waals surface area contributed by atoms with Crippen LogP contribution in [0.5, 0.6) is 0 Å². The summed E-state index contributed by atoms with van der Waals surface area (Å²) >= 11 is 3.57. The van der Waals surface area contributed by atoms with Crippen molar-refractivity contribution in [3.63, 3.8) is 0 Å². The molecule has 0 heterocycles. The number of hydrogen-bond donors (Lipinski definition) is 1. The quantitative estimate of drug-likeness (QED) is 0.880. The monoisotopic (exact) mass is 263 g/mol. The van der Waals surface area contributed by atoms with Gasteiger partial charge in [0.25, 0.3) is 0 Å². The summed E-state index contributed by atoms with van der Waals surface area (Å²) in [5, 5.41) is 2.52. The van der Waals surface area contributed by atoms with E-state index in [9.17, 15) is 0 Å². The van der Waals surface area contributed by atoms with Gasteiger partial charge in [0.1, 0.15) is 0 Å². The first kappa shape index (κ1) is 10.7. The number of rotatable bonds is 2. The Morgan fingerprint density at radius 1 is 1.27 bits per heavy atom. The lowest BCUT2D eigenvalue weighted by atomic mass is 9.98. The Labute approximate surface area is 98.4 Å². The van der Waals surface area contributed by atoms with Gasteiger partial charge in [0.15, 0.2) is 0 Å². The Bertz CT molecular complexity index is 479. The molecule has 0 spiro atoms. The normalized spacial score (nSPS) is 13.0. The van der Waals surface area contributed by atoms with Crippen LogP contribution in [0.2, 0.25) is 0 Å². The molecule has 0 aliphatic heterocycles. The van der Waals surface area contributed by atoms with Crippen molar-refractivity contribution in [3.8, 4) is 0 Å². The van der Waals surface area contributed by atoms with Gasteiger partial charge >= 0.3 is 0 Å². The van der Waals surface area contributed by atoms with Gasteiger partial charge in [-0.15, -0.1) is 0 Å². The lowest BCUT2D eigenvalue weighted by Crippen LogP contribution is -2.08. The largest absolute Gasteiger partial charge is 0.330 e. The standard InChI is InChI=1S/C13H14BrN/c1-9(8-15)11-6-5-10-3-2-4-13(14)12(10)7-11/h2-7,9H,8,15H2,1H3. The Hall–Kier alpha value is -0.860. The van der Waals surface area contributed by atoms with E-state index in [1.165, 1.54) is 16.3 Å². The van der Waals surface area contributed by atoms with Crippen molar-refractivity contribution in [1.82, 2.24) is 0 Å². The number of nitrogens with two attached hydrogens (primary N) is 1. The van der Waals surface area contributed by atoms with Crippen LogP contribution in [-0.4, -0.2) is 6.54 Å². The van der Waals surface area contributed by atoms with E-state index in [2.05, 4.69) is 59.3 Å². The van der Waals surface area contributed by atoms with Gasteiger partial charge in [0, 0.05) is 4.47 Å². The number of benzene rings is 2. The van der Waals surface area contributed by atoms with Crippen LogP contribution in [0.25, 0.3) is 10.8 Å². The van der Waals surface area contributed by atoms with Crippen LogP contribution >= 0.6 is 15.9 Å². The summed E-state index contributed by atoms with van der Waals surface area (Å²) in [6, 6.07) is 12.8. The molecule has 0 saturated heterocycles. The molecule has 0 bridgehead atoms. The second-order valence-corrected chi connectivity index (χ2v) is 4.71. The van der Waals surface area contributed by atoms with E-state index in [1.54, 1.807) is 0 Å². The minimum Gasteiger partial charge on any atom is -0.330 e. The summed E-state index contributed by atoms with van der Waals surface area (Å²) in [4.78, 5) is 0. The van der Waals surface area contributed by atoms with Crippen LogP contribution in [0.3, 0.4) is 0 Å². The Morgan fingerprint density at radius 3 is 2.80 bits per heavy atom. The molecule has 0 saturated carbocycles. The third kappa shape index (κ3) is 2.06. The van der Waals surface area contributed by atoms with Crippen molar-refractivity contribution in [2.75, 3.05) is 6.54 Å². The van der Waals surface area contributed by atoms with Crippen LogP contribution in [0, 0.1) is 0 Å². The molecule has 0 aromatic heterocycles. The first-order valence-electron chi connectivity index (χ1n) is 5.10. The van der Waals surface area contributed by atoms with Crippen molar-refractivity contribution < 1.29 is 0 Å². The van der Waals surface area contributed by atoms with Crippen molar-refractivity contribution >= 4 is 26.7 Å². The minimum atomic E-state index is 0.418. The highest BCUT2D eigenvalue weighted by molar-refractivity contribution is 9.10. The summed E-state index contributed by atoms with van der Waals surface area (Å²) in [7, 11) is 0. The SMILES string of the molecule is CC(CN)c1ccc2cccc(Br)c2c1. The van der Waals surface area contributed by atoms with E-state index in [4.69, 9.17) is 5.73 Å². The van der Waals surface area contributed by atoms with Crippen molar-refractivity contribution in [1.29, 1.82) is 0 Å². The second-order valence-electron chi connectivity index (χ2n) is 3.86. The van der Waals surface area contributed by atoms with Crippen LogP contribution in [-0.2, 0) is 0 Å². The first-order valence-corrected chi connectivity index (χ1v) is 5.90. The van der Waals surface area contributed by atoms with E-state index in [-0.39, 0.29) is 0 Å². The summed E-state index contributed by atoms with van der Waals surface area (Å²) in [5.41, 5.74) is 6.98.